The van der Waals surface area contributed by atoms with Gasteiger partial charge in [0.2, 0.25) is 5.88 Å². The first-order valence-corrected chi connectivity index (χ1v) is 10.6. The maximum absolute atomic E-state index is 12.2. The largest absolute Gasteiger partial charge is 0.493 e. The molecular weight excluding hydrogens is 449 g/mol. The molecule has 8 heteroatoms. The van der Waals surface area contributed by atoms with Crippen molar-refractivity contribution in [1.29, 1.82) is 0 Å². The van der Waals surface area contributed by atoms with Gasteiger partial charge in [-0.25, -0.2) is 0 Å². The Morgan fingerprint density at radius 3 is 2.41 bits per heavy atom. The molecule has 1 heterocycles. The van der Waals surface area contributed by atoms with Crippen LogP contribution in [0.5, 0.6) is 11.6 Å². The van der Waals surface area contributed by atoms with Crippen LogP contribution in [0.4, 0.5) is 5.69 Å². The first-order chi connectivity index (χ1) is 15.4. The molecule has 0 atom stereocenters. The lowest BCUT2D eigenvalue weighted by Crippen LogP contribution is -2.07. The van der Waals surface area contributed by atoms with Crippen LogP contribution in [0.15, 0.2) is 77.0 Å². The number of hydrogen-bond donors (Lipinski definition) is 1. The molecule has 0 radical (unpaired) electrons. The lowest BCUT2D eigenvalue weighted by Gasteiger charge is -2.07. The lowest BCUT2D eigenvalue weighted by atomic mass is 10.2. The Morgan fingerprint density at radius 1 is 1.00 bits per heavy atom. The number of aryl methyl sites for hydroxylation is 1. The first-order valence-electron chi connectivity index (χ1n) is 9.80. The highest BCUT2D eigenvalue weighted by Crippen LogP contribution is 2.40. The fourth-order valence-corrected chi connectivity index (χ4v) is 3.54. The van der Waals surface area contributed by atoms with Gasteiger partial charge in [0.25, 0.3) is 0 Å². The second kappa shape index (κ2) is 9.42. The second-order valence-electron chi connectivity index (χ2n) is 7.24. The number of aromatic nitrogens is 1. The summed E-state index contributed by atoms with van der Waals surface area (Å²) in [7, 11) is 0. The van der Waals surface area contributed by atoms with Gasteiger partial charge in [0.15, 0.2) is 12.3 Å². The third-order valence-corrected chi connectivity index (χ3v) is 5.36. The molecule has 0 unspecified atom stereocenters. The SMILES string of the molecule is Cc1ccc(OCC(=O)N=Nc2c(O)n(Cc3ccc(Cl)cc3)c3ccc(Cl)cc23)cc1. The maximum atomic E-state index is 12.2. The van der Waals surface area contributed by atoms with Gasteiger partial charge in [0.1, 0.15) is 5.75 Å². The summed E-state index contributed by atoms with van der Waals surface area (Å²) in [5.74, 6) is -0.132. The molecule has 0 fully saturated rings. The predicted molar refractivity (Wildman–Crippen MR) is 125 cm³/mol. The van der Waals surface area contributed by atoms with Gasteiger partial charge >= 0.3 is 5.91 Å². The Labute approximate surface area is 194 Å². The summed E-state index contributed by atoms with van der Waals surface area (Å²) in [5, 5.41) is 20.3. The fraction of sp³-hybridized carbons (Fsp3) is 0.125. The van der Waals surface area contributed by atoms with E-state index in [1.807, 2.05) is 31.2 Å². The van der Waals surface area contributed by atoms with Gasteiger partial charge in [-0.3, -0.25) is 4.79 Å². The van der Waals surface area contributed by atoms with Crippen molar-refractivity contribution in [3.63, 3.8) is 0 Å². The minimum atomic E-state index is -0.578. The van der Waals surface area contributed by atoms with Crippen LogP contribution in [-0.4, -0.2) is 22.2 Å². The highest BCUT2D eigenvalue weighted by Gasteiger charge is 2.18. The molecule has 0 saturated carbocycles. The van der Waals surface area contributed by atoms with Crippen molar-refractivity contribution in [1.82, 2.24) is 4.57 Å². The van der Waals surface area contributed by atoms with Gasteiger partial charge in [-0.1, -0.05) is 53.0 Å². The zero-order valence-electron chi connectivity index (χ0n) is 17.1. The Hall–Kier alpha value is -3.35. The quantitative estimate of drug-likeness (QED) is 0.320. The van der Waals surface area contributed by atoms with E-state index in [4.69, 9.17) is 27.9 Å². The topological polar surface area (TPSA) is 76.2 Å². The molecule has 32 heavy (non-hydrogen) atoms. The molecule has 0 aliphatic carbocycles. The summed E-state index contributed by atoms with van der Waals surface area (Å²) in [6.45, 7) is 2.07. The van der Waals surface area contributed by atoms with Crippen LogP contribution < -0.4 is 4.74 Å². The van der Waals surface area contributed by atoms with Crippen molar-refractivity contribution in [2.75, 3.05) is 6.61 Å². The zero-order valence-corrected chi connectivity index (χ0v) is 18.6. The van der Waals surface area contributed by atoms with Crippen LogP contribution in [-0.2, 0) is 11.3 Å². The minimum absolute atomic E-state index is 0.117. The van der Waals surface area contributed by atoms with Crippen LogP contribution in [0.25, 0.3) is 10.9 Å². The molecule has 3 aromatic carbocycles. The predicted octanol–water partition coefficient (Wildman–Crippen LogP) is 6.70. The number of halogens is 2. The number of hydrogen-bond acceptors (Lipinski definition) is 4. The highest BCUT2D eigenvalue weighted by molar-refractivity contribution is 6.31. The number of carbonyl (C=O) groups is 1. The second-order valence-corrected chi connectivity index (χ2v) is 8.11. The van der Waals surface area contributed by atoms with Crippen molar-refractivity contribution < 1.29 is 14.6 Å². The first kappa shape index (κ1) is 21.9. The fourth-order valence-electron chi connectivity index (χ4n) is 3.24. The molecule has 162 valence electrons. The Morgan fingerprint density at radius 2 is 1.69 bits per heavy atom. The van der Waals surface area contributed by atoms with E-state index < -0.39 is 5.91 Å². The molecule has 0 saturated heterocycles. The lowest BCUT2D eigenvalue weighted by molar-refractivity contribution is -0.120. The van der Waals surface area contributed by atoms with E-state index in [1.54, 1.807) is 47.0 Å². The van der Waals surface area contributed by atoms with E-state index in [0.29, 0.717) is 33.2 Å². The van der Waals surface area contributed by atoms with Crippen LogP contribution in [0.3, 0.4) is 0 Å². The summed E-state index contributed by atoms with van der Waals surface area (Å²) in [6.07, 6.45) is 0. The van der Waals surface area contributed by atoms with E-state index in [2.05, 4.69) is 10.2 Å². The summed E-state index contributed by atoms with van der Waals surface area (Å²) in [4.78, 5) is 12.2. The standard InChI is InChI=1S/C24H19Cl2N3O3/c1-15-2-9-19(10-3-15)32-14-22(30)27-28-23-20-12-18(26)8-11-21(20)29(24(23)31)13-16-4-6-17(25)7-5-16/h2-12,31H,13-14H2,1H3. The van der Waals surface area contributed by atoms with Crippen LogP contribution in [0.1, 0.15) is 11.1 Å². The molecule has 4 rings (SSSR count). The van der Waals surface area contributed by atoms with E-state index >= 15 is 0 Å². The molecule has 1 aromatic heterocycles. The molecular formula is C24H19Cl2N3O3. The van der Waals surface area contributed by atoms with Crippen molar-refractivity contribution >= 4 is 45.7 Å². The van der Waals surface area contributed by atoms with Gasteiger partial charge in [0.05, 0.1) is 12.1 Å². The molecule has 0 aliphatic heterocycles. The van der Waals surface area contributed by atoms with Crippen molar-refractivity contribution in [2.45, 2.75) is 13.5 Å². The minimum Gasteiger partial charge on any atom is -0.493 e. The summed E-state index contributed by atoms with van der Waals surface area (Å²) < 4.78 is 7.12. The Bertz CT molecular complexity index is 1300. The van der Waals surface area contributed by atoms with Gasteiger partial charge < -0.3 is 14.4 Å². The summed E-state index contributed by atoms with van der Waals surface area (Å²) in [6, 6.07) is 19.8. The smallest absolute Gasteiger partial charge is 0.302 e. The molecule has 0 aliphatic rings. The molecule has 0 bridgehead atoms. The average Bonchev–Trinajstić information content (AvgIpc) is 3.03. The van der Waals surface area contributed by atoms with E-state index in [9.17, 15) is 9.90 Å². The molecule has 4 aromatic rings. The number of nitrogens with zero attached hydrogens (tertiary/aromatic N) is 3. The molecule has 1 N–H and O–H groups in total. The number of amides is 1. The van der Waals surface area contributed by atoms with Crippen LogP contribution >= 0.6 is 23.2 Å². The average molecular weight is 468 g/mol. The van der Waals surface area contributed by atoms with Crippen LogP contribution in [0, 0.1) is 6.92 Å². The summed E-state index contributed by atoms with van der Waals surface area (Å²) >= 11 is 12.1. The van der Waals surface area contributed by atoms with E-state index in [1.165, 1.54) is 0 Å². The summed E-state index contributed by atoms with van der Waals surface area (Å²) in [5.41, 5.74) is 2.90. The van der Waals surface area contributed by atoms with Crippen LogP contribution in [0.2, 0.25) is 10.0 Å². The van der Waals surface area contributed by atoms with Gasteiger partial charge in [0, 0.05) is 15.4 Å². The Balaban J connectivity index is 1.59. The number of rotatable bonds is 6. The zero-order chi connectivity index (χ0) is 22.7. The van der Waals surface area contributed by atoms with Crippen molar-refractivity contribution in [2.24, 2.45) is 10.2 Å². The molecule has 6 nitrogen and oxygen atoms in total. The number of fused-ring (bicyclic) bond motifs is 1. The van der Waals surface area contributed by atoms with Gasteiger partial charge in [-0.2, -0.15) is 0 Å². The van der Waals surface area contributed by atoms with E-state index in [-0.39, 0.29) is 18.2 Å². The number of azo groups is 1. The number of benzene rings is 3. The van der Waals surface area contributed by atoms with Crippen molar-refractivity contribution in [3.05, 3.63) is 87.9 Å². The van der Waals surface area contributed by atoms with Gasteiger partial charge in [-0.05, 0) is 55.0 Å². The third kappa shape index (κ3) is 4.93. The number of aromatic hydroxyl groups is 1. The highest BCUT2D eigenvalue weighted by atomic mass is 35.5. The van der Waals surface area contributed by atoms with Gasteiger partial charge in [-0.15, -0.1) is 10.2 Å². The third-order valence-electron chi connectivity index (χ3n) is 4.87. The molecule has 1 amide bonds. The van der Waals surface area contributed by atoms with E-state index in [0.717, 1.165) is 11.1 Å². The number of ether oxygens (including phenoxy) is 1. The maximum Gasteiger partial charge on any atom is 0.302 e. The number of carbonyl (C=O) groups excluding carboxylic acids is 1. The monoisotopic (exact) mass is 467 g/mol. The van der Waals surface area contributed by atoms with Crippen molar-refractivity contribution in [3.8, 4) is 11.6 Å². The Kier molecular flexibility index (Phi) is 6.44. The molecule has 0 spiro atoms. The normalized spacial score (nSPS) is 11.3.